The fraction of sp³-hybridized carbons (Fsp3) is 0.333. The number of likely N-dealkylation sites (tertiary alicyclic amines) is 1. The molecule has 0 saturated carbocycles. The normalized spacial score (nSPS) is 14.4. The molecule has 1 aliphatic heterocycles. The van der Waals surface area contributed by atoms with E-state index in [1.165, 1.54) is 23.5 Å². The Morgan fingerprint density at radius 1 is 1.29 bits per heavy atom. The van der Waals surface area contributed by atoms with Gasteiger partial charge in [-0.3, -0.25) is 4.79 Å². The molecule has 6 heteroatoms. The Morgan fingerprint density at radius 2 is 2.00 bits per heavy atom. The van der Waals surface area contributed by atoms with E-state index in [-0.39, 0.29) is 18.3 Å². The first kappa shape index (κ1) is 14.0. The molecule has 0 radical (unpaired) electrons. The van der Waals surface area contributed by atoms with Crippen molar-refractivity contribution in [1.82, 2.24) is 9.88 Å². The smallest absolute Gasteiger partial charge is 0.273 e. The van der Waals surface area contributed by atoms with Gasteiger partial charge in [-0.05, 0) is 37.1 Å². The van der Waals surface area contributed by atoms with Crippen molar-refractivity contribution in [2.45, 2.75) is 19.4 Å². The summed E-state index contributed by atoms with van der Waals surface area (Å²) in [5.41, 5.74) is 0.486. The van der Waals surface area contributed by atoms with Crippen molar-refractivity contribution in [2.24, 2.45) is 0 Å². The number of hydrogen-bond donors (Lipinski definition) is 0. The Hall–Kier alpha value is -1.95. The number of thiazole rings is 1. The minimum Gasteiger partial charge on any atom is -0.486 e. The van der Waals surface area contributed by atoms with Gasteiger partial charge in [-0.25, -0.2) is 9.37 Å². The predicted molar refractivity (Wildman–Crippen MR) is 78.0 cm³/mol. The van der Waals surface area contributed by atoms with Crippen molar-refractivity contribution in [2.75, 3.05) is 13.1 Å². The quantitative estimate of drug-likeness (QED) is 0.871. The van der Waals surface area contributed by atoms with Gasteiger partial charge in [0.1, 0.15) is 28.9 Å². The molecule has 0 atom stereocenters. The van der Waals surface area contributed by atoms with E-state index < -0.39 is 0 Å². The lowest BCUT2D eigenvalue weighted by Gasteiger charge is -2.12. The Labute approximate surface area is 126 Å². The third kappa shape index (κ3) is 3.39. The summed E-state index contributed by atoms with van der Waals surface area (Å²) in [5, 5.41) is 2.51. The largest absolute Gasteiger partial charge is 0.486 e. The molecule has 1 aromatic carbocycles. The number of ether oxygens (including phenoxy) is 1. The highest BCUT2D eigenvalue weighted by Gasteiger charge is 2.21. The number of carbonyl (C=O) groups excluding carboxylic acids is 1. The Bertz CT molecular complexity index is 621. The lowest BCUT2D eigenvalue weighted by Crippen LogP contribution is -2.27. The molecule has 0 spiro atoms. The standard InChI is InChI=1S/C15H15FN2O2S/c16-11-3-5-12(6-4-11)20-9-14-17-13(10-21-14)15(19)18-7-1-2-8-18/h3-6,10H,1-2,7-9H2. The van der Waals surface area contributed by atoms with Crippen molar-refractivity contribution < 1.29 is 13.9 Å². The van der Waals surface area contributed by atoms with Gasteiger partial charge in [0.2, 0.25) is 0 Å². The molecule has 0 unspecified atom stereocenters. The van der Waals surface area contributed by atoms with Gasteiger partial charge < -0.3 is 9.64 Å². The molecule has 0 bridgehead atoms. The molecule has 0 aliphatic carbocycles. The first-order valence-corrected chi connectivity index (χ1v) is 7.72. The van der Waals surface area contributed by atoms with E-state index in [4.69, 9.17) is 4.74 Å². The van der Waals surface area contributed by atoms with E-state index >= 15 is 0 Å². The number of aromatic nitrogens is 1. The zero-order valence-corrected chi connectivity index (χ0v) is 12.2. The number of amides is 1. The van der Waals surface area contributed by atoms with Crippen molar-refractivity contribution in [3.05, 3.63) is 46.2 Å². The molecule has 1 aromatic heterocycles. The second-order valence-corrected chi connectivity index (χ2v) is 5.81. The summed E-state index contributed by atoms with van der Waals surface area (Å²) in [6.07, 6.45) is 2.13. The van der Waals surface area contributed by atoms with Gasteiger partial charge in [0, 0.05) is 18.5 Å². The molecular weight excluding hydrogens is 291 g/mol. The molecule has 1 saturated heterocycles. The molecule has 1 amide bonds. The van der Waals surface area contributed by atoms with Crippen LogP contribution in [0, 0.1) is 5.82 Å². The highest BCUT2D eigenvalue weighted by molar-refractivity contribution is 7.09. The lowest BCUT2D eigenvalue weighted by atomic mass is 10.3. The van der Waals surface area contributed by atoms with Crippen LogP contribution in [0.2, 0.25) is 0 Å². The fourth-order valence-electron chi connectivity index (χ4n) is 2.23. The van der Waals surface area contributed by atoms with E-state index in [9.17, 15) is 9.18 Å². The third-order valence-corrected chi connectivity index (χ3v) is 4.16. The SMILES string of the molecule is O=C(c1csc(COc2ccc(F)cc2)n1)N1CCCC1. The van der Waals surface area contributed by atoms with Crippen LogP contribution in [0.25, 0.3) is 0 Å². The van der Waals surface area contributed by atoms with Crippen LogP contribution in [-0.2, 0) is 6.61 Å². The molecular formula is C15H15FN2O2S. The number of halogens is 1. The van der Waals surface area contributed by atoms with Crippen LogP contribution in [0.4, 0.5) is 4.39 Å². The summed E-state index contributed by atoms with van der Waals surface area (Å²) >= 11 is 1.40. The van der Waals surface area contributed by atoms with Gasteiger partial charge in [0.05, 0.1) is 0 Å². The highest BCUT2D eigenvalue weighted by Crippen LogP contribution is 2.18. The fourth-order valence-corrected chi connectivity index (χ4v) is 2.91. The van der Waals surface area contributed by atoms with Crippen LogP contribution >= 0.6 is 11.3 Å². The van der Waals surface area contributed by atoms with Gasteiger partial charge in [-0.2, -0.15) is 0 Å². The Morgan fingerprint density at radius 3 is 2.71 bits per heavy atom. The lowest BCUT2D eigenvalue weighted by molar-refractivity contribution is 0.0787. The molecule has 1 fully saturated rings. The van der Waals surface area contributed by atoms with Gasteiger partial charge in [-0.15, -0.1) is 11.3 Å². The Balaban J connectivity index is 1.59. The molecule has 1 aliphatic rings. The van der Waals surface area contributed by atoms with Crippen molar-refractivity contribution >= 4 is 17.2 Å². The number of nitrogens with zero attached hydrogens (tertiary/aromatic N) is 2. The van der Waals surface area contributed by atoms with Crippen molar-refractivity contribution in [3.63, 3.8) is 0 Å². The van der Waals surface area contributed by atoms with E-state index in [1.54, 1.807) is 17.5 Å². The van der Waals surface area contributed by atoms with E-state index in [0.717, 1.165) is 30.9 Å². The summed E-state index contributed by atoms with van der Waals surface area (Å²) in [5.74, 6) is 0.283. The minimum atomic E-state index is -0.296. The average molecular weight is 306 g/mol. The maximum atomic E-state index is 12.8. The third-order valence-electron chi connectivity index (χ3n) is 3.34. The molecule has 110 valence electrons. The first-order valence-electron chi connectivity index (χ1n) is 6.84. The maximum Gasteiger partial charge on any atom is 0.273 e. The molecule has 2 heterocycles. The van der Waals surface area contributed by atoms with Crippen LogP contribution in [0.1, 0.15) is 28.3 Å². The van der Waals surface area contributed by atoms with Crippen LogP contribution in [0.3, 0.4) is 0 Å². The van der Waals surface area contributed by atoms with E-state index in [2.05, 4.69) is 4.98 Å². The zero-order valence-electron chi connectivity index (χ0n) is 11.4. The monoisotopic (exact) mass is 306 g/mol. The first-order chi connectivity index (χ1) is 10.2. The summed E-state index contributed by atoms with van der Waals surface area (Å²) in [7, 11) is 0. The number of benzene rings is 1. The molecule has 21 heavy (non-hydrogen) atoms. The summed E-state index contributed by atoms with van der Waals surface area (Å²) in [6, 6.07) is 5.83. The number of rotatable bonds is 4. The molecule has 4 nitrogen and oxygen atoms in total. The maximum absolute atomic E-state index is 12.8. The highest BCUT2D eigenvalue weighted by atomic mass is 32.1. The van der Waals surface area contributed by atoms with Crippen LogP contribution in [0.15, 0.2) is 29.6 Å². The second-order valence-electron chi connectivity index (χ2n) is 4.87. The molecule has 2 aromatic rings. The topological polar surface area (TPSA) is 42.4 Å². The van der Waals surface area contributed by atoms with E-state index in [1.807, 2.05) is 4.90 Å². The van der Waals surface area contributed by atoms with Crippen LogP contribution in [0.5, 0.6) is 5.75 Å². The summed E-state index contributed by atoms with van der Waals surface area (Å²) in [6.45, 7) is 1.92. The van der Waals surface area contributed by atoms with Crippen molar-refractivity contribution in [1.29, 1.82) is 0 Å². The van der Waals surface area contributed by atoms with E-state index in [0.29, 0.717) is 11.4 Å². The van der Waals surface area contributed by atoms with Crippen LogP contribution < -0.4 is 4.74 Å². The number of hydrogen-bond acceptors (Lipinski definition) is 4. The van der Waals surface area contributed by atoms with Gasteiger partial charge in [0.25, 0.3) is 5.91 Å². The predicted octanol–water partition coefficient (Wildman–Crippen LogP) is 3.10. The van der Waals surface area contributed by atoms with Gasteiger partial charge >= 0.3 is 0 Å². The summed E-state index contributed by atoms with van der Waals surface area (Å²) in [4.78, 5) is 18.3. The number of carbonyl (C=O) groups is 1. The average Bonchev–Trinajstić information content (AvgIpc) is 3.18. The Kier molecular flexibility index (Phi) is 4.15. The van der Waals surface area contributed by atoms with Gasteiger partial charge in [0.15, 0.2) is 0 Å². The molecule has 3 rings (SSSR count). The van der Waals surface area contributed by atoms with Crippen molar-refractivity contribution in [3.8, 4) is 5.75 Å². The minimum absolute atomic E-state index is 0.00298. The van der Waals surface area contributed by atoms with Crippen LogP contribution in [-0.4, -0.2) is 28.9 Å². The summed E-state index contributed by atoms with van der Waals surface area (Å²) < 4.78 is 18.3. The van der Waals surface area contributed by atoms with Gasteiger partial charge in [-0.1, -0.05) is 0 Å². The zero-order chi connectivity index (χ0) is 14.7. The second kappa shape index (κ2) is 6.22. The molecule has 0 N–H and O–H groups in total.